The lowest BCUT2D eigenvalue weighted by Gasteiger charge is -2.22. The van der Waals surface area contributed by atoms with E-state index < -0.39 is 42.5 Å². The van der Waals surface area contributed by atoms with Gasteiger partial charge >= 0.3 is 17.9 Å². The first kappa shape index (κ1) is 57.7. The summed E-state index contributed by atoms with van der Waals surface area (Å²) in [6.45, 7) is 4.05. The van der Waals surface area contributed by atoms with Gasteiger partial charge < -0.3 is 24.1 Å². The van der Waals surface area contributed by atoms with Crippen LogP contribution in [0.4, 0.5) is 0 Å². The second kappa shape index (κ2) is 37.6. The van der Waals surface area contributed by atoms with E-state index in [0.29, 0.717) is 28.1 Å². The zero-order valence-corrected chi connectivity index (χ0v) is 43.0. The average Bonchev–Trinajstić information content (AvgIpc) is 3.27. The van der Waals surface area contributed by atoms with Crippen molar-refractivity contribution in [2.45, 2.75) is 225 Å². The number of ketones is 1. The number of rotatable bonds is 40. The van der Waals surface area contributed by atoms with Gasteiger partial charge in [-0.05, 0) is 65.5 Å². The van der Waals surface area contributed by atoms with Crippen LogP contribution in [0.25, 0.3) is 0 Å². The first-order valence-corrected chi connectivity index (χ1v) is 26.7. The molecule has 0 saturated carbocycles. The Morgan fingerprint density at radius 1 is 0.531 bits per heavy atom. The molecule has 0 radical (unpaired) electrons. The number of hydrogen-bond acceptors (Lipinski definition) is 9. The number of Topliss-reactive ketones (excluding diaryl/α,β-unsaturated/α-hetero) is 1. The molecule has 0 spiro atoms. The van der Waals surface area contributed by atoms with Crippen LogP contribution in [0, 0.1) is 0 Å². The number of carbonyl (C=O) groups is 4. The van der Waals surface area contributed by atoms with Crippen LogP contribution in [0.1, 0.15) is 213 Å². The minimum absolute atomic E-state index is 0.0707. The smallest absolute Gasteiger partial charge is 0.311 e. The molecule has 2 rings (SSSR count). The maximum absolute atomic E-state index is 13.1. The topological polar surface area (TPSA) is 125 Å². The van der Waals surface area contributed by atoms with E-state index in [0.717, 1.165) is 43.0 Å². The molecular weight excluding hydrogens is 964 g/mol. The van der Waals surface area contributed by atoms with Gasteiger partial charge in [-0.25, -0.2) is 0 Å². The summed E-state index contributed by atoms with van der Waals surface area (Å²) in [5.74, 6) is -1.39. The molecule has 0 aromatic heterocycles. The van der Waals surface area contributed by atoms with Crippen molar-refractivity contribution in [1.29, 1.82) is 0 Å². The van der Waals surface area contributed by atoms with Gasteiger partial charge in [0.15, 0.2) is 29.5 Å². The molecule has 64 heavy (non-hydrogen) atoms. The maximum atomic E-state index is 13.1. The highest BCUT2D eigenvalue weighted by molar-refractivity contribution is 9.11. The Morgan fingerprint density at radius 2 is 0.984 bits per heavy atom. The minimum atomic E-state index is -1.64. The summed E-state index contributed by atoms with van der Waals surface area (Å²) >= 11 is 13.1. The van der Waals surface area contributed by atoms with Crippen molar-refractivity contribution in [3.63, 3.8) is 0 Å². The fourth-order valence-electron chi connectivity index (χ4n) is 7.50. The molecule has 2 unspecified atom stereocenters. The summed E-state index contributed by atoms with van der Waals surface area (Å²) in [7, 11) is 0. The molecule has 0 amide bonds. The van der Waals surface area contributed by atoms with Crippen molar-refractivity contribution < 1.29 is 43.2 Å². The predicted molar refractivity (Wildman–Crippen MR) is 265 cm³/mol. The van der Waals surface area contributed by atoms with Crippen LogP contribution < -0.4 is 9.47 Å². The van der Waals surface area contributed by atoms with Crippen LogP contribution in [0.3, 0.4) is 0 Å². The third-order valence-corrected chi connectivity index (χ3v) is 12.7. The highest BCUT2D eigenvalue weighted by atomic mass is 79.9. The van der Waals surface area contributed by atoms with Crippen molar-refractivity contribution in [3.05, 3.63) is 50.4 Å². The first-order valence-electron chi connectivity index (χ1n) is 24.7. The highest BCUT2D eigenvalue weighted by Crippen LogP contribution is 2.38. The summed E-state index contributed by atoms with van der Waals surface area (Å²) < 4.78 is 24.1. The third kappa shape index (κ3) is 28.5. The number of unbranched alkanes of at least 4 members (excludes halogenated alkanes) is 24. The summed E-state index contributed by atoms with van der Waals surface area (Å²) in [5, 5.41) is 11.4. The minimum Gasteiger partial charge on any atom is -0.462 e. The van der Waals surface area contributed by atoms with Crippen molar-refractivity contribution >= 4 is 67.2 Å². The average molecular weight is 1040 g/mol. The SMILES string of the molecule is CCCCCCCCCCCCCCCC(=O)OCC(OC(=O)CCCC(=O)Oc1cc(Cl)ccc1Oc1ccc(Br)cc1Br)C(O)C(=O)CCCCCCCCCCCCCCC. The zero-order chi connectivity index (χ0) is 46.6. The summed E-state index contributed by atoms with van der Waals surface area (Å²) in [4.78, 5) is 51.8. The van der Waals surface area contributed by atoms with Crippen molar-refractivity contribution in [2.75, 3.05) is 6.61 Å². The third-order valence-electron chi connectivity index (χ3n) is 11.4. The molecule has 0 bridgehead atoms. The van der Waals surface area contributed by atoms with E-state index in [1.807, 2.05) is 12.1 Å². The fraction of sp³-hybridized carbons (Fsp3) is 0.692. The Hall–Kier alpha value is -2.47. The van der Waals surface area contributed by atoms with Crippen LogP contribution in [0.2, 0.25) is 5.02 Å². The molecule has 12 heteroatoms. The van der Waals surface area contributed by atoms with E-state index in [2.05, 4.69) is 45.7 Å². The van der Waals surface area contributed by atoms with Gasteiger partial charge in [0, 0.05) is 41.2 Å². The van der Waals surface area contributed by atoms with Gasteiger partial charge in [0.25, 0.3) is 0 Å². The number of benzene rings is 2. The standard InChI is InChI=1S/C52H79Br2ClO9/c1-3-5-7-9-11-13-15-17-19-21-23-25-27-30-44(56)52(60)48(40-61-49(57)31-28-26-24-22-20-18-16-14-12-10-8-6-4-2)64-51(59)33-29-32-50(58)63-47-39-42(55)35-37-46(47)62-45-36-34-41(53)38-43(45)54/h34-39,48,52,60H,3-33,40H2,1-2H3. The van der Waals surface area contributed by atoms with Crippen LogP contribution in [-0.4, -0.2) is 47.6 Å². The molecule has 0 heterocycles. The fourth-order valence-corrected chi connectivity index (χ4v) is 8.79. The number of hydrogen-bond donors (Lipinski definition) is 1. The van der Waals surface area contributed by atoms with Gasteiger partial charge in [0.1, 0.15) is 12.4 Å². The van der Waals surface area contributed by atoms with E-state index in [1.165, 1.54) is 122 Å². The van der Waals surface area contributed by atoms with Gasteiger partial charge in [0.2, 0.25) is 0 Å². The van der Waals surface area contributed by atoms with Gasteiger partial charge in [-0.1, -0.05) is 195 Å². The second-order valence-electron chi connectivity index (χ2n) is 17.2. The first-order chi connectivity index (χ1) is 31.0. The number of aliphatic hydroxyl groups excluding tert-OH is 1. The normalized spacial score (nSPS) is 12.2. The zero-order valence-electron chi connectivity index (χ0n) is 39.1. The molecule has 0 saturated heterocycles. The monoisotopic (exact) mass is 1040 g/mol. The highest BCUT2D eigenvalue weighted by Gasteiger charge is 2.30. The Kier molecular flexibility index (Phi) is 33.9. The van der Waals surface area contributed by atoms with E-state index in [4.69, 9.17) is 30.5 Å². The quantitative estimate of drug-likeness (QED) is 0.0394. The Bertz CT molecular complexity index is 1590. The lowest BCUT2D eigenvalue weighted by atomic mass is 10.0. The van der Waals surface area contributed by atoms with Crippen LogP contribution >= 0.6 is 43.5 Å². The van der Waals surface area contributed by atoms with Crippen molar-refractivity contribution in [1.82, 2.24) is 0 Å². The summed E-state index contributed by atoms with van der Waals surface area (Å²) in [5.41, 5.74) is 0. The van der Waals surface area contributed by atoms with Crippen LogP contribution in [-0.2, 0) is 28.7 Å². The number of ether oxygens (including phenoxy) is 4. The predicted octanol–water partition coefficient (Wildman–Crippen LogP) is 16.1. The largest absolute Gasteiger partial charge is 0.462 e. The molecule has 2 aromatic carbocycles. The molecule has 1 N–H and O–H groups in total. The Labute approximate surface area is 407 Å². The summed E-state index contributed by atoms with van der Waals surface area (Å²) in [6, 6.07) is 10.1. The number of aliphatic hydroxyl groups is 1. The van der Waals surface area contributed by atoms with Crippen LogP contribution in [0.5, 0.6) is 17.2 Å². The maximum Gasteiger partial charge on any atom is 0.311 e. The Balaban J connectivity index is 1.82. The Morgan fingerprint density at radius 3 is 1.50 bits per heavy atom. The molecule has 2 aromatic rings. The number of halogens is 3. The molecule has 2 atom stereocenters. The lowest BCUT2D eigenvalue weighted by molar-refractivity contribution is -0.169. The molecule has 9 nitrogen and oxygen atoms in total. The van der Waals surface area contributed by atoms with E-state index in [-0.39, 0.29) is 43.6 Å². The summed E-state index contributed by atoms with van der Waals surface area (Å²) in [6.07, 6.45) is 27.9. The molecule has 362 valence electrons. The molecule has 0 aliphatic rings. The van der Waals surface area contributed by atoms with Crippen molar-refractivity contribution in [2.24, 2.45) is 0 Å². The molecular formula is C52H79Br2ClO9. The van der Waals surface area contributed by atoms with Gasteiger partial charge in [0.05, 0.1) is 4.47 Å². The second-order valence-corrected chi connectivity index (χ2v) is 19.4. The van der Waals surface area contributed by atoms with Gasteiger partial charge in [-0.15, -0.1) is 0 Å². The van der Waals surface area contributed by atoms with Gasteiger partial charge in [-0.3, -0.25) is 19.2 Å². The molecule has 0 aliphatic carbocycles. The van der Waals surface area contributed by atoms with E-state index in [1.54, 1.807) is 18.2 Å². The number of esters is 3. The molecule has 0 aliphatic heterocycles. The lowest BCUT2D eigenvalue weighted by Crippen LogP contribution is -2.41. The van der Waals surface area contributed by atoms with E-state index in [9.17, 15) is 24.3 Å². The van der Waals surface area contributed by atoms with Crippen molar-refractivity contribution in [3.8, 4) is 17.2 Å². The number of carbonyl (C=O) groups excluding carboxylic acids is 4. The van der Waals surface area contributed by atoms with Gasteiger partial charge in [-0.2, -0.15) is 0 Å². The molecule has 0 fully saturated rings. The van der Waals surface area contributed by atoms with Crippen LogP contribution in [0.15, 0.2) is 45.3 Å². The van der Waals surface area contributed by atoms with E-state index >= 15 is 0 Å².